The number of amides is 1. The van der Waals surface area contributed by atoms with E-state index in [9.17, 15) is 9.59 Å². The molecule has 0 atom stereocenters. The van der Waals surface area contributed by atoms with Crippen LogP contribution in [0.25, 0.3) is 0 Å². The minimum Gasteiger partial charge on any atom is -0.452 e. The smallest absolute Gasteiger partial charge is 0.338 e. The molecule has 0 saturated heterocycles. The van der Waals surface area contributed by atoms with Gasteiger partial charge in [-0.25, -0.2) is 4.79 Å². The summed E-state index contributed by atoms with van der Waals surface area (Å²) in [7, 11) is 0. The number of ether oxygens (including phenoxy) is 1. The Labute approximate surface area is 155 Å². The van der Waals surface area contributed by atoms with Crippen molar-refractivity contribution in [2.75, 3.05) is 6.61 Å². The first-order valence-electron chi connectivity index (χ1n) is 8.75. The van der Waals surface area contributed by atoms with E-state index in [1.54, 1.807) is 12.1 Å². The van der Waals surface area contributed by atoms with Crippen LogP contribution in [0.2, 0.25) is 0 Å². The predicted molar refractivity (Wildman–Crippen MR) is 98.5 cm³/mol. The van der Waals surface area contributed by atoms with Crippen LogP contribution in [0, 0.1) is 21.3 Å². The highest BCUT2D eigenvalue weighted by molar-refractivity contribution is 14.1. The summed E-state index contributed by atoms with van der Waals surface area (Å²) in [5, 5.41) is 3.22. The molecular weight excluding hydrogens is 417 g/mol. The highest BCUT2D eigenvalue weighted by atomic mass is 127. The lowest BCUT2D eigenvalue weighted by molar-refractivity contribution is -0.130. The van der Waals surface area contributed by atoms with Crippen LogP contribution < -0.4 is 5.32 Å². The van der Waals surface area contributed by atoms with Crippen molar-refractivity contribution in [1.29, 1.82) is 0 Å². The van der Waals surface area contributed by atoms with Crippen LogP contribution in [0.3, 0.4) is 0 Å². The van der Waals surface area contributed by atoms with Gasteiger partial charge in [0, 0.05) is 9.11 Å². The summed E-state index contributed by atoms with van der Waals surface area (Å²) in [4.78, 5) is 24.3. The topological polar surface area (TPSA) is 55.4 Å². The molecule has 4 nitrogen and oxygen atoms in total. The number of halogens is 1. The lowest BCUT2D eigenvalue weighted by atomic mass is 9.53. The summed E-state index contributed by atoms with van der Waals surface area (Å²) in [6.45, 7) is -0.188. The normalized spacial score (nSPS) is 33.3. The molecule has 4 fully saturated rings. The molecule has 0 radical (unpaired) electrons. The third kappa shape index (κ3) is 3.32. The SMILES string of the molecule is O=C(COC(=O)c1ccc(I)cc1)NC12CC3CC(CC(C3)C1)C2. The number of esters is 1. The minimum atomic E-state index is -0.438. The molecule has 0 unspecified atom stereocenters. The predicted octanol–water partition coefficient (Wildman–Crippen LogP) is 3.53. The zero-order valence-corrected chi connectivity index (χ0v) is 15.8. The first-order chi connectivity index (χ1) is 11.5. The highest BCUT2D eigenvalue weighted by Crippen LogP contribution is 2.55. The molecular formula is C19H22INO3. The van der Waals surface area contributed by atoms with Gasteiger partial charge in [0.15, 0.2) is 6.61 Å². The number of hydrogen-bond donors (Lipinski definition) is 1. The maximum absolute atomic E-state index is 12.3. The van der Waals surface area contributed by atoms with Gasteiger partial charge in [-0.05, 0) is 103 Å². The summed E-state index contributed by atoms with van der Waals surface area (Å²) in [6.07, 6.45) is 7.35. The van der Waals surface area contributed by atoms with Crippen molar-refractivity contribution < 1.29 is 14.3 Å². The lowest BCUT2D eigenvalue weighted by Crippen LogP contribution is -2.60. The Hall–Kier alpha value is -1.11. The first kappa shape index (κ1) is 16.4. The van der Waals surface area contributed by atoms with Crippen LogP contribution in [0.15, 0.2) is 24.3 Å². The molecule has 4 saturated carbocycles. The molecule has 1 N–H and O–H groups in total. The summed E-state index contributed by atoms with van der Waals surface area (Å²) in [5.74, 6) is 1.76. The molecule has 4 bridgehead atoms. The number of carbonyl (C=O) groups excluding carboxylic acids is 2. The van der Waals surface area contributed by atoms with E-state index in [0.717, 1.165) is 40.6 Å². The van der Waals surface area contributed by atoms with Gasteiger partial charge >= 0.3 is 5.97 Å². The first-order valence-corrected chi connectivity index (χ1v) is 9.83. The second-order valence-electron chi connectivity index (χ2n) is 7.83. The number of benzene rings is 1. The van der Waals surface area contributed by atoms with Gasteiger partial charge in [-0.2, -0.15) is 0 Å². The number of hydrogen-bond acceptors (Lipinski definition) is 3. The highest BCUT2D eigenvalue weighted by Gasteiger charge is 2.51. The molecule has 5 heteroatoms. The molecule has 5 rings (SSSR count). The van der Waals surface area contributed by atoms with E-state index in [2.05, 4.69) is 27.9 Å². The van der Waals surface area contributed by atoms with Gasteiger partial charge in [0.2, 0.25) is 0 Å². The maximum Gasteiger partial charge on any atom is 0.338 e. The Morgan fingerprint density at radius 1 is 1.04 bits per heavy atom. The number of rotatable bonds is 4. The molecule has 128 valence electrons. The van der Waals surface area contributed by atoms with Crippen molar-refractivity contribution in [3.05, 3.63) is 33.4 Å². The van der Waals surface area contributed by atoms with E-state index in [1.807, 2.05) is 12.1 Å². The average molecular weight is 439 g/mol. The van der Waals surface area contributed by atoms with Crippen LogP contribution in [0.1, 0.15) is 48.9 Å². The van der Waals surface area contributed by atoms with Gasteiger partial charge in [0.05, 0.1) is 5.56 Å². The van der Waals surface area contributed by atoms with Crippen LogP contribution in [-0.4, -0.2) is 24.0 Å². The molecule has 0 heterocycles. The fraction of sp³-hybridized carbons (Fsp3) is 0.579. The van der Waals surface area contributed by atoms with Crippen molar-refractivity contribution in [3.8, 4) is 0 Å². The van der Waals surface area contributed by atoms with Gasteiger partial charge in [-0.3, -0.25) is 4.79 Å². The molecule has 0 spiro atoms. The second kappa shape index (κ2) is 6.32. The Balaban J connectivity index is 1.32. The molecule has 4 aliphatic carbocycles. The third-order valence-corrected chi connectivity index (χ3v) is 6.58. The van der Waals surface area contributed by atoms with E-state index < -0.39 is 5.97 Å². The standard InChI is InChI=1S/C19H22INO3/c20-16-3-1-15(2-4-16)18(23)24-11-17(22)21-19-8-12-5-13(9-19)7-14(6-12)10-19/h1-4,12-14H,5-11H2,(H,21,22). The van der Waals surface area contributed by atoms with E-state index in [4.69, 9.17) is 4.74 Å². The Bertz CT molecular complexity index is 620. The maximum atomic E-state index is 12.3. The summed E-state index contributed by atoms with van der Waals surface area (Å²) in [5.41, 5.74) is 0.458. The molecule has 4 aliphatic rings. The lowest BCUT2D eigenvalue weighted by Gasteiger charge is -2.56. The third-order valence-electron chi connectivity index (χ3n) is 5.86. The zero-order chi connectivity index (χ0) is 16.7. The average Bonchev–Trinajstić information content (AvgIpc) is 2.51. The van der Waals surface area contributed by atoms with E-state index in [0.29, 0.717) is 5.56 Å². The fourth-order valence-electron chi connectivity index (χ4n) is 5.40. The van der Waals surface area contributed by atoms with Crippen LogP contribution in [0.5, 0.6) is 0 Å². The number of nitrogens with one attached hydrogen (secondary N) is 1. The van der Waals surface area contributed by atoms with Crippen molar-refractivity contribution in [3.63, 3.8) is 0 Å². The molecule has 0 aliphatic heterocycles. The van der Waals surface area contributed by atoms with E-state index in [-0.39, 0.29) is 18.1 Å². The van der Waals surface area contributed by atoms with E-state index >= 15 is 0 Å². The number of carbonyl (C=O) groups is 2. The molecule has 1 aromatic rings. The van der Waals surface area contributed by atoms with Crippen LogP contribution in [0.4, 0.5) is 0 Å². The molecule has 1 aromatic carbocycles. The molecule has 24 heavy (non-hydrogen) atoms. The van der Waals surface area contributed by atoms with Gasteiger partial charge in [-0.15, -0.1) is 0 Å². The molecule has 0 aromatic heterocycles. The Morgan fingerprint density at radius 3 is 2.12 bits per heavy atom. The van der Waals surface area contributed by atoms with Gasteiger partial charge in [0.25, 0.3) is 5.91 Å². The van der Waals surface area contributed by atoms with Gasteiger partial charge in [0.1, 0.15) is 0 Å². The van der Waals surface area contributed by atoms with E-state index in [1.165, 1.54) is 19.3 Å². The Kier molecular flexibility index (Phi) is 4.31. The van der Waals surface area contributed by atoms with Gasteiger partial charge < -0.3 is 10.1 Å². The van der Waals surface area contributed by atoms with Crippen molar-refractivity contribution in [1.82, 2.24) is 5.32 Å². The second-order valence-corrected chi connectivity index (χ2v) is 9.07. The summed E-state index contributed by atoms with van der Waals surface area (Å²) >= 11 is 2.18. The monoisotopic (exact) mass is 439 g/mol. The zero-order valence-electron chi connectivity index (χ0n) is 13.6. The quantitative estimate of drug-likeness (QED) is 0.577. The van der Waals surface area contributed by atoms with Crippen molar-refractivity contribution in [2.24, 2.45) is 17.8 Å². The summed E-state index contributed by atoms with van der Waals surface area (Å²) < 4.78 is 6.25. The minimum absolute atomic E-state index is 0.0267. The Morgan fingerprint density at radius 2 is 1.58 bits per heavy atom. The fourth-order valence-corrected chi connectivity index (χ4v) is 5.76. The summed E-state index contributed by atoms with van der Waals surface area (Å²) in [6, 6.07) is 7.15. The molecule has 1 amide bonds. The van der Waals surface area contributed by atoms with Crippen molar-refractivity contribution in [2.45, 2.75) is 44.1 Å². The van der Waals surface area contributed by atoms with Gasteiger partial charge in [-0.1, -0.05) is 0 Å². The van der Waals surface area contributed by atoms with Crippen LogP contribution >= 0.6 is 22.6 Å². The van der Waals surface area contributed by atoms with Crippen molar-refractivity contribution >= 4 is 34.5 Å². The largest absolute Gasteiger partial charge is 0.452 e. The van der Waals surface area contributed by atoms with Crippen LogP contribution in [-0.2, 0) is 9.53 Å².